The molecule has 30 heavy (non-hydrogen) atoms. The van der Waals surface area contributed by atoms with Crippen LogP contribution in [-0.4, -0.2) is 59.7 Å². The zero-order valence-corrected chi connectivity index (χ0v) is 20.3. The van der Waals surface area contributed by atoms with E-state index in [1.54, 1.807) is 0 Å². The standard InChI is InChI=1S/C22H31N5O2.HI/c1-4-23-22(27-14-17(2)19(16-27)21(28)29-3)25-11-10-20-24-12-13-26(20)15-18-8-6-5-7-9-18;/h5-9,12-13,17,19H,4,10-11,14-16H2,1-3H3,(H,23,25);1H. The number of ether oxygens (including phenoxy) is 1. The molecule has 1 aromatic carbocycles. The lowest BCUT2D eigenvalue weighted by atomic mass is 9.99. The number of methoxy groups -OCH3 is 1. The van der Waals surface area contributed by atoms with Crippen LogP contribution in [0.5, 0.6) is 0 Å². The summed E-state index contributed by atoms with van der Waals surface area (Å²) in [5.41, 5.74) is 1.25. The summed E-state index contributed by atoms with van der Waals surface area (Å²) in [6.45, 7) is 7.82. The van der Waals surface area contributed by atoms with Gasteiger partial charge in [0.2, 0.25) is 0 Å². The zero-order chi connectivity index (χ0) is 20.6. The van der Waals surface area contributed by atoms with E-state index in [0.29, 0.717) is 13.1 Å². The number of rotatable bonds is 7. The van der Waals surface area contributed by atoms with Gasteiger partial charge in [0.25, 0.3) is 0 Å². The van der Waals surface area contributed by atoms with E-state index in [-0.39, 0.29) is 41.8 Å². The lowest BCUT2D eigenvalue weighted by Crippen LogP contribution is -2.40. The fourth-order valence-corrected chi connectivity index (χ4v) is 3.78. The predicted molar refractivity (Wildman–Crippen MR) is 129 cm³/mol. The summed E-state index contributed by atoms with van der Waals surface area (Å²) in [7, 11) is 1.45. The highest BCUT2D eigenvalue weighted by Crippen LogP contribution is 2.24. The number of benzene rings is 1. The number of esters is 1. The number of hydrogen-bond donors (Lipinski definition) is 1. The van der Waals surface area contributed by atoms with Crippen molar-refractivity contribution in [1.82, 2.24) is 19.8 Å². The van der Waals surface area contributed by atoms with Crippen LogP contribution in [0.1, 0.15) is 25.2 Å². The molecule has 2 atom stereocenters. The van der Waals surface area contributed by atoms with E-state index in [2.05, 4.69) is 57.9 Å². The normalized spacial score (nSPS) is 18.8. The van der Waals surface area contributed by atoms with Gasteiger partial charge in [-0.1, -0.05) is 37.3 Å². The van der Waals surface area contributed by atoms with Gasteiger partial charge >= 0.3 is 5.97 Å². The predicted octanol–water partition coefficient (Wildman–Crippen LogP) is 2.80. The van der Waals surface area contributed by atoms with E-state index in [4.69, 9.17) is 9.73 Å². The van der Waals surface area contributed by atoms with E-state index >= 15 is 0 Å². The molecule has 7 nitrogen and oxygen atoms in total. The van der Waals surface area contributed by atoms with Crippen molar-refractivity contribution >= 4 is 35.9 Å². The van der Waals surface area contributed by atoms with Gasteiger partial charge in [-0.15, -0.1) is 24.0 Å². The molecule has 1 aliphatic rings. The van der Waals surface area contributed by atoms with Crippen LogP contribution < -0.4 is 5.32 Å². The average Bonchev–Trinajstić information content (AvgIpc) is 3.34. The summed E-state index contributed by atoms with van der Waals surface area (Å²) in [5.74, 6) is 1.88. The molecule has 2 heterocycles. The van der Waals surface area contributed by atoms with Crippen molar-refractivity contribution in [2.45, 2.75) is 26.8 Å². The van der Waals surface area contributed by atoms with Crippen LogP contribution in [0.3, 0.4) is 0 Å². The Morgan fingerprint density at radius 1 is 1.30 bits per heavy atom. The number of aromatic nitrogens is 2. The zero-order valence-electron chi connectivity index (χ0n) is 18.0. The minimum absolute atomic E-state index is 0. The van der Waals surface area contributed by atoms with Crippen LogP contribution in [0.25, 0.3) is 0 Å². The second kappa shape index (κ2) is 11.9. The van der Waals surface area contributed by atoms with E-state index in [9.17, 15) is 4.79 Å². The second-order valence-electron chi connectivity index (χ2n) is 7.45. The molecule has 1 aliphatic heterocycles. The summed E-state index contributed by atoms with van der Waals surface area (Å²) >= 11 is 0. The number of hydrogen-bond acceptors (Lipinski definition) is 4. The van der Waals surface area contributed by atoms with Gasteiger partial charge in [0.05, 0.1) is 13.0 Å². The highest BCUT2D eigenvalue weighted by Gasteiger charge is 2.36. The first-order valence-electron chi connectivity index (χ1n) is 10.3. The van der Waals surface area contributed by atoms with Gasteiger partial charge in [0.1, 0.15) is 5.82 Å². The van der Waals surface area contributed by atoms with Crippen molar-refractivity contribution in [2.75, 3.05) is 33.3 Å². The first-order chi connectivity index (χ1) is 14.1. The Kier molecular flexibility index (Phi) is 9.61. The maximum Gasteiger partial charge on any atom is 0.310 e. The van der Waals surface area contributed by atoms with Crippen molar-refractivity contribution in [1.29, 1.82) is 0 Å². The SMILES string of the molecule is CCNC(=NCCc1nccn1Cc1ccccc1)N1CC(C)C(C(=O)OC)C1.I. The molecule has 164 valence electrons. The lowest BCUT2D eigenvalue weighted by molar-refractivity contribution is -0.145. The molecule has 0 spiro atoms. The van der Waals surface area contributed by atoms with Crippen LogP contribution in [0.4, 0.5) is 0 Å². The number of guanidine groups is 1. The third kappa shape index (κ3) is 6.20. The van der Waals surface area contributed by atoms with Crippen molar-refractivity contribution in [2.24, 2.45) is 16.8 Å². The molecule has 1 fully saturated rings. The molecule has 2 aromatic rings. The molecular weight excluding hydrogens is 493 g/mol. The van der Waals surface area contributed by atoms with Crippen molar-refractivity contribution in [3.05, 3.63) is 54.1 Å². The quantitative estimate of drug-likeness (QED) is 0.261. The number of carbonyl (C=O) groups is 1. The van der Waals surface area contributed by atoms with Gasteiger partial charge < -0.3 is 19.5 Å². The highest BCUT2D eigenvalue weighted by atomic mass is 127. The smallest absolute Gasteiger partial charge is 0.310 e. The first kappa shape index (κ1) is 24.2. The number of halogens is 1. The fourth-order valence-electron chi connectivity index (χ4n) is 3.78. The van der Waals surface area contributed by atoms with Crippen molar-refractivity contribution < 1.29 is 9.53 Å². The lowest BCUT2D eigenvalue weighted by Gasteiger charge is -2.21. The van der Waals surface area contributed by atoms with Crippen LogP contribution in [0, 0.1) is 11.8 Å². The molecule has 3 rings (SSSR count). The number of carbonyl (C=O) groups excluding carboxylic acids is 1. The van der Waals surface area contributed by atoms with Gasteiger partial charge in [0.15, 0.2) is 5.96 Å². The highest BCUT2D eigenvalue weighted by molar-refractivity contribution is 14.0. The summed E-state index contributed by atoms with van der Waals surface area (Å²) in [6, 6.07) is 10.4. The van der Waals surface area contributed by atoms with Crippen LogP contribution in [0.2, 0.25) is 0 Å². The number of imidazole rings is 1. The van der Waals surface area contributed by atoms with E-state index in [1.807, 2.05) is 18.5 Å². The maximum absolute atomic E-state index is 12.0. The van der Waals surface area contributed by atoms with Crippen molar-refractivity contribution in [3.63, 3.8) is 0 Å². The van der Waals surface area contributed by atoms with Gasteiger partial charge in [-0.25, -0.2) is 4.98 Å². The molecule has 0 bridgehead atoms. The molecule has 0 amide bonds. The molecule has 1 N–H and O–H groups in total. The molecule has 1 saturated heterocycles. The van der Waals surface area contributed by atoms with Gasteiger partial charge in [-0.05, 0) is 18.4 Å². The molecular formula is C22H32IN5O2. The maximum atomic E-state index is 12.0. The molecule has 8 heteroatoms. The number of nitrogens with zero attached hydrogens (tertiary/aromatic N) is 4. The molecule has 1 aromatic heterocycles. The summed E-state index contributed by atoms with van der Waals surface area (Å²) in [4.78, 5) is 23.5. The van der Waals surface area contributed by atoms with Crippen LogP contribution in [0.15, 0.2) is 47.7 Å². The van der Waals surface area contributed by atoms with Gasteiger partial charge in [-0.3, -0.25) is 9.79 Å². The first-order valence-corrected chi connectivity index (χ1v) is 10.3. The van der Waals surface area contributed by atoms with Gasteiger partial charge in [-0.2, -0.15) is 0 Å². The molecule has 2 unspecified atom stereocenters. The molecule has 0 saturated carbocycles. The molecule has 0 radical (unpaired) electrons. The van der Waals surface area contributed by atoms with Gasteiger partial charge in [0, 0.05) is 51.5 Å². The topological polar surface area (TPSA) is 71.8 Å². The third-order valence-corrected chi connectivity index (χ3v) is 5.35. The Morgan fingerprint density at radius 3 is 2.77 bits per heavy atom. The Bertz CT molecular complexity index is 824. The van der Waals surface area contributed by atoms with Crippen LogP contribution in [-0.2, 0) is 22.5 Å². The second-order valence-corrected chi connectivity index (χ2v) is 7.45. The minimum atomic E-state index is -0.140. The van der Waals surface area contributed by atoms with Crippen LogP contribution >= 0.6 is 24.0 Å². The fraction of sp³-hybridized carbons (Fsp3) is 0.500. The summed E-state index contributed by atoms with van der Waals surface area (Å²) < 4.78 is 7.12. The average molecular weight is 525 g/mol. The Balaban J connectivity index is 0.00000320. The minimum Gasteiger partial charge on any atom is -0.469 e. The number of aliphatic imine (C=N–C) groups is 1. The Hall–Kier alpha value is -2.10. The summed E-state index contributed by atoms with van der Waals surface area (Å²) in [5, 5.41) is 3.35. The number of likely N-dealkylation sites (tertiary alicyclic amines) is 1. The largest absolute Gasteiger partial charge is 0.469 e. The third-order valence-electron chi connectivity index (χ3n) is 5.35. The summed E-state index contributed by atoms with van der Waals surface area (Å²) in [6.07, 6.45) is 4.62. The van der Waals surface area contributed by atoms with E-state index in [1.165, 1.54) is 12.7 Å². The van der Waals surface area contributed by atoms with E-state index < -0.39 is 0 Å². The molecule has 0 aliphatic carbocycles. The number of nitrogens with one attached hydrogen (secondary N) is 1. The monoisotopic (exact) mass is 525 g/mol. The van der Waals surface area contributed by atoms with Crippen molar-refractivity contribution in [3.8, 4) is 0 Å². The Morgan fingerprint density at radius 2 is 2.07 bits per heavy atom. The van der Waals surface area contributed by atoms with E-state index in [0.717, 1.165) is 37.8 Å². The Labute approximate surface area is 195 Å².